The van der Waals surface area contributed by atoms with Crippen LogP contribution in [-0.4, -0.2) is 21.5 Å². The first-order valence-electron chi connectivity index (χ1n) is 5.13. The number of nitrogens with zero attached hydrogens (tertiary/aromatic N) is 3. The van der Waals surface area contributed by atoms with Crippen LogP contribution in [0.2, 0.25) is 0 Å². The van der Waals surface area contributed by atoms with Crippen LogP contribution in [0.4, 0.5) is 13.2 Å². The first kappa shape index (κ1) is 13.0. The summed E-state index contributed by atoms with van der Waals surface area (Å²) >= 11 is 0. The van der Waals surface area contributed by atoms with Gasteiger partial charge in [-0.1, -0.05) is 12.1 Å². The highest BCUT2D eigenvalue weighted by molar-refractivity contribution is 5.15. The first-order chi connectivity index (χ1) is 7.41. The fourth-order valence-corrected chi connectivity index (χ4v) is 1.41. The van der Waals surface area contributed by atoms with E-state index >= 15 is 0 Å². The Morgan fingerprint density at radius 3 is 2.50 bits per heavy atom. The normalized spacial score (nSPS) is 14.1. The Bertz CT molecular complexity index is 345. The SMILES string of the molecule is CCC(C)n1nnc(CCN)c1C(F)(F)F. The predicted octanol–water partition coefficient (Wildman–Crippen LogP) is 1.77. The smallest absolute Gasteiger partial charge is 0.330 e. The Labute approximate surface area is 91.6 Å². The number of hydrogen-bond acceptors (Lipinski definition) is 3. The summed E-state index contributed by atoms with van der Waals surface area (Å²) in [5, 5.41) is 7.12. The molecular weight excluding hydrogens is 221 g/mol. The number of rotatable bonds is 4. The molecule has 0 aromatic carbocycles. The molecule has 0 aliphatic carbocycles. The van der Waals surface area contributed by atoms with Gasteiger partial charge in [0.15, 0.2) is 5.69 Å². The zero-order chi connectivity index (χ0) is 12.3. The van der Waals surface area contributed by atoms with Crippen LogP contribution in [0.5, 0.6) is 0 Å². The summed E-state index contributed by atoms with van der Waals surface area (Å²) in [6.45, 7) is 3.60. The first-order valence-corrected chi connectivity index (χ1v) is 5.13. The van der Waals surface area contributed by atoms with Crippen molar-refractivity contribution in [2.24, 2.45) is 5.73 Å². The summed E-state index contributed by atoms with van der Waals surface area (Å²) in [7, 11) is 0. The van der Waals surface area contributed by atoms with Crippen molar-refractivity contribution in [2.45, 2.75) is 38.9 Å². The van der Waals surface area contributed by atoms with Crippen LogP contribution >= 0.6 is 0 Å². The predicted molar refractivity (Wildman–Crippen MR) is 52.8 cm³/mol. The average Bonchev–Trinajstić information content (AvgIpc) is 2.60. The van der Waals surface area contributed by atoms with Crippen LogP contribution in [0, 0.1) is 0 Å². The van der Waals surface area contributed by atoms with E-state index in [1.807, 2.05) is 0 Å². The Morgan fingerprint density at radius 1 is 1.44 bits per heavy atom. The fraction of sp³-hybridized carbons (Fsp3) is 0.778. The maximum absolute atomic E-state index is 12.8. The minimum atomic E-state index is -4.43. The molecule has 0 aliphatic heterocycles. The molecule has 0 bridgehead atoms. The molecule has 0 saturated heterocycles. The Kier molecular flexibility index (Phi) is 3.90. The minimum Gasteiger partial charge on any atom is -0.330 e. The lowest BCUT2D eigenvalue weighted by molar-refractivity contribution is -0.145. The molecule has 0 saturated carbocycles. The highest BCUT2D eigenvalue weighted by atomic mass is 19.4. The Balaban J connectivity index is 3.19. The molecule has 92 valence electrons. The average molecular weight is 236 g/mol. The van der Waals surface area contributed by atoms with Gasteiger partial charge in [-0.05, 0) is 19.9 Å². The topological polar surface area (TPSA) is 56.7 Å². The third kappa shape index (κ3) is 2.52. The zero-order valence-electron chi connectivity index (χ0n) is 9.25. The molecule has 0 amide bonds. The number of halogens is 3. The molecule has 2 N–H and O–H groups in total. The third-order valence-electron chi connectivity index (χ3n) is 2.42. The van der Waals surface area contributed by atoms with Gasteiger partial charge in [0.2, 0.25) is 0 Å². The number of aromatic nitrogens is 3. The van der Waals surface area contributed by atoms with Gasteiger partial charge in [0.1, 0.15) is 0 Å². The lowest BCUT2D eigenvalue weighted by Gasteiger charge is -2.15. The molecule has 1 heterocycles. The van der Waals surface area contributed by atoms with Crippen LogP contribution < -0.4 is 5.73 Å². The Hall–Kier alpha value is -1.11. The van der Waals surface area contributed by atoms with Gasteiger partial charge >= 0.3 is 6.18 Å². The molecule has 1 rings (SSSR count). The monoisotopic (exact) mass is 236 g/mol. The van der Waals surface area contributed by atoms with Crippen LogP contribution in [0.1, 0.15) is 37.7 Å². The van der Waals surface area contributed by atoms with E-state index < -0.39 is 11.9 Å². The standard InChI is InChI=1S/C9H15F3N4/c1-3-6(2)16-8(9(10,11)12)7(4-5-13)14-15-16/h6H,3-5,13H2,1-2H3. The molecule has 7 heteroatoms. The molecule has 0 fully saturated rings. The van der Waals surface area contributed by atoms with Gasteiger partial charge in [-0.15, -0.1) is 5.10 Å². The molecule has 1 atom stereocenters. The van der Waals surface area contributed by atoms with Crippen LogP contribution in [0.15, 0.2) is 0 Å². The lowest BCUT2D eigenvalue weighted by Crippen LogP contribution is -2.20. The molecule has 1 aromatic heterocycles. The number of hydrogen-bond donors (Lipinski definition) is 1. The molecule has 0 spiro atoms. The van der Waals surface area contributed by atoms with Gasteiger partial charge in [-0.3, -0.25) is 0 Å². The van der Waals surface area contributed by atoms with E-state index in [9.17, 15) is 13.2 Å². The highest BCUT2D eigenvalue weighted by Gasteiger charge is 2.39. The summed E-state index contributed by atoms with van der Waals surface area (Å²) in [5.41, 5.74) is 4.40. The third-order valence-corrected chi connectivity index (χ3v) is 2.42. The quantitative estimate of drug-likeness (QED) is 0.866. The van der Waals surface area contributed by atoms with Gasteiger partial charge in [0.25, 0.3) is 0 Å². The van der Waals surface area contributed by atoms with Crippen LogP contribution in [0.3, 0.4) is 0 Å². The van der Waals surface area contributed by atoms with Crippen molar-refractivity contribution in [3.05, 3.63) is 11.4 Å². The second kappa shape index (κ2) is 4.82. The van der Waals surface area contributed by atoms with Gasteiger partial charge in [-0.25, -0.2) is 4.68 Å². The zero-order valence-corrected chi connectivity index (χ0v) is 9.25. The van der Waals surface area contributed by atoms with Crippen LogP contribution in [0.25, 0.3) is 0 Å². The van der Waals surface area contributed by atoms with Crippen molar-refractivity contribution < 1.29 is 13.2 Å². The molecule has 0 aliphatic rings. The maximum Gasteiger partial charge on any atom is 0.434 e. The van der Waals surface area contributed by atoms with Gasteiger partial charge in [0, 0.05) is 6.42 Å². The van der Waals surface area contributed by atoms with Crippen LogP contribution in [-0.2, 0) is 12.6 Å². The van der Waals surface area contributed by atoms with E-state index in [0.29, 0.717) is 6.42 Å². The van der Waals surface area contributed by atoms with E-state index in [1.54, 1.807) is 13.8 Å². The number of nitrogens with two attached hydrogens (primary N) is 1. The van der Waals surface area contributed by atoms with Crippen molar-refractivity contribution in [1.29, 1.82) is 0 Å². The molecular formula is C9H15F3N4. The molecule has 1 unspecified atom stereocenters. The second-order valence-corrected chi connectivity index (χ2v) is 3.62. The summed E-state index contributed by atoms with van der Waals surface area (Å²) < 4.78 is 39.4. The minimum absolute atomic E-state index is 0.0738. The highest BCUT2D eigenvalue weighted by Crippen LogP contribution is 2.33. The summed E-state index contributed by atoms with van der Waals surface area (Å²) in [6.07, 6.45) is -3.78. The maximum atomic E-state index is 12.8. The van der Waals surface area contributed by atoms with Gasteiger partial charge < -0.3 is 5.73 Å². The summed E-state index contributed by atoms with van der Waals surface area (Å²) in [5.74, 6) is 0. The fourth-order valence-electron chi connectivity index (χ4n) is 1.41. The van der Waals surface area contributed by atoms with Crippen molar-refractivity contribution in [2.75, 3.05) is 6.54 Å². The van der Waals surface area contributed by atoms with E-state index in [2.05, 4.69) is 10.3 Å². The van der Waals surface area contributed by atoms with Crippen molar-refractivity contribution in [1.82, 2.24) is 15.0 Å². The van der Waals surface area contributed by atoms with Crippen molar-refractivity contribution >= 4 is 0 Å². The summed E-state index contributed by atoms with van der Waals surface area (Å²) in [4.78, 5) is 0. The number of alkyl halides is 3. The van der Waals surface area contributed by atoms with Gasteiger partial charge in [-0.2, -0.15) is 13.2 Å². The molecule has 16 heavy (non-hydrogen) atoms. The van der Waals surface area contributed by atoms with E-state index in [-0.39, 0.29) is 24.7 Å². The Morgan fingerprint density at radius 2 is 2.06 bits per heavy atom. The molecule has 0 radical (unpaired) electrons. The summed E-state index contributed by atoms with van der Waals surface area (Å²) in [6, 6.07) is -0.323. The molecule has 1 aromatic rings. The molecule has 4 nitrogen and oxygen atoms in total. The largest absolute Gasteiger partial charge is 0.434 e. The van der Waals surface area contributed by atoms with Crippen molar-refractivity contribution in [3.8, 4) is 0 Å². The van der Waals surface area contributed by atoms with E-state index in [0.717, 1.165) is 4.68 Å². The van der Waals surface area contributed by atoms with Crippen molar-refractivity contribution in [3.63, 3.8) is 0 Å². The van der Waals surface area contributed by atoms with E-state index in [4.69, 9.17) is 5.73 Å². The lowest BCUT2D eigenvalue weighted by atomic mass is 10.2. The van der Waals surface area contributed by atoms with E-state index in [1.165, 1.54) is 0 Å². The van der Waals surface area contributed by atoms with Gasteiger partial charge in [0.05, 0.1) is 11.7 Å². The second-order valence-electron chi connectivity index (χ2n) is 3.62.